The summed E-state index contributed by atoms with van der Waals surface area (Å²) < 4.78 is 10.9. The molecule has 3 amide bonds. The molecule has 0 radical (unpaired) electrons. The summed E-state index contributed by atoms with van der Waals surface area (Å²) in [5, 5.41) is 5.25. The van der Waals surface area contributed by atoms with E-state index in [-0.39, 0.29) is 5.91 Å². The van der Waals surface area contributed by atoms with Crippen LogP contribution in [0.25, 0.3) is 0 Å². The number of anilines is 3. The number of carbonyl (C=O) groups excluding carboxylic acids is 3. The van der Waals surface area contributed by atoms with E-state index in [0.29, 0.717) is 55.5 Å². The van der Waals surface area contributed by atoms with Crippen LogP contribution in [0, 0.1) is 0 Å². The molecular formula is C21H19N3O5. The number of ether oxygens (including phenoxy) is 2. The molecule has 148 valence electrons. The Morgan fingerprint density at radius 2 is 1.52 bits per heavy atom. The van der Waals surface area contributed by atoms with Gasteiger partial charge in [0.25, 0.3) is 0 Å². The lowest BCUT2D eigenvalue weighted by molar-refractivity contribution is -0.133. The molecule has 29 heavy (non-hydrogen) atoms. The topological polar surface area (TPSA) is 97.0 Å². The Bertz CT molecular complexity index is 1050. The number of aryl methyl sites for hydroxylation is 1. The first-order valence-electron chi connectivity index (χ1n) is 9.56. The van der Waals surface area contributed by atoms with E-state index in [1.807, 2.05) is 17.0 Å². The Balaban J connectivity index is 1.30. The second-order valence-corrected chi connectivity index (χ2v) is 7.21. The van der Waals surface area contributed by atoms with Gasteiger partial charge in [0.2, 0.25) is 5.91 Å². The minimum atomic E-state index is -0.771. The fourth-order valence-corrected chi connectivity index (χ4v) is 4.03. The lowest BCUT2D eigenvalue weighted by Crippen LogP contribution is -2.33. The van der Waals surface area contributed by atoms with Gasteiger partial charge in [0.1, 0.15) is 13.2 Å². The van der Waals surface area contributed by atoms with Crippen LogP contribution in [-0.4, -0.2) is 37.5 Å². The van der Waals surface area contributed by atoms with E-state index in [4.69, 9.17) is 9.47 Å². The van der Waals surface area contributed by atoms with Gasteiger partial charge in [0.05, 0.1) is 5.69 Å². The van der Waals surface area contributed by atoms with E-state index in [1.165, 1.54) is 0 Å². The summed E-state index contributed by atoms with van der Waals surface area (Å²) in [5.74, 6) is -0.238. The number of hydrogen-bond acceptors (Lipinski definition) is 5. The van der Waals surface area contributed by atoms with Crippen LogP contribution < -0.4 is 25.0 Å². The van der Waals surface area contributed by atoms with Gasteiger partial charge in [-0.05, 0) is 48.2 Å². The van der Waals surface area contributed by atoms with E-state index in [0.717, 1.165) is 23.2 Å². The molecule has 3 aliphatic heterocycles. The van der Waals surface area contributed by atoms with Gasteiger partial charge in [-0.3, -0.25) is 14.4 Å². The molecule has 0 bridgehead atoms. The number of hydrogen-bond donors (Lipinski definition) is 2. The molecule has 0 spiro atoms. The molecule has 0 atom stereocenters. The summed E-state index contributed by atoms with van der Waals surface area (Å²) in [5.41, 5.74) is 4.05. The van der Waals surface area contributed by atoms with E-state index in [2.05, 4.69) is 10.6 Å². The first-order chi connectivity index (χ1) is 14.1. The van der Waals surface area contributed by atoms with Crippen LogP contribution in [0.5, 0.6) is 11.5 Å². The number of amides is 3. The monoisotopic (exact) mass is 393 g/mol. The largest absolute Gasteiger partial charge is 0.486 e. The van der Waals surface area contributed by atoms with Gasteiger partial charge < -0.3 is 25.0 Å². The SMILES string of the molecule is O=C(Nc1cc2c3c(c1)CCN3C(=O)CC2)C(=O)Nc1ccc2c(c1)OCCO2. The maximum atomic E-state index is 12.4. The highest BCUT2D eigenvalue weighted by molar-refractivity contribution is 6.43. The summed E-state index contributed by atoms with van der Waals surface area (Å²) >= 11 is 0. The Kier molecular flexibility index (Phi) is 4.12. The third-order valence-corrected chi connectivity index (χ3v) is 5.32. The zero-order valence-electron chi connectivity index (χ0n) is 15.6. The number of nitrogens with one attached hydrogen (secondary N) is 2. The average molecular weight is 393 g/mol. The van der Waals surface area contributed by atoms with Crippen molar-refractivity contribution in [2.24, 2.45) is 0 Å². The fraction of sp³-hybridized carbons (Fsp3) is 0.286. The number of rotatable bonds is 2. The summed E-state index contributed by atoms with van der Waals surface area (Å²) in [6.45, 7) is 1.59. The van der Waals surface area contributed by atoms with E-state index in [1.54, 1.807) is 18.2 Å². The first kappa shape index (κ1) is 17.5. The van der Waals surface area contributed by atoms with Gasteiger partial charge in [0.15, 0.2) is 11.5 Å². The molecule has 0 aromatic heterocycles. The van der Waals surface area contributed by atoms with Crippen molar-refractivity contribution in [3.05, 3.63) is 41.5 Å². The predicted octanol–water partition coefficient (Wildman–Crippen LogP) is 1.87. The molecule has 0 saturated heterocycles. The molecule has 8 heteroatoms. The maximum Gasteiger partial charge on any atom is 0.314 e. The van der Waals surface area contributed by atoms with Crippen LogP contribution in [0.15, 0.2) is 30.3 Å². The third kappa shape index (κ3) is 3.16. The van der Waals surface area contributed by atoms with Crippen molar-refractivity contribution in [2.75, 3.05) is 35.3 Å². The zero-order valence-corrected chi connectivity index (χ0v) is 15.6. The molecule has 0 fully saturated rings. The smallest absolute Gasteiger partial charge is 0.314 e. The quantitative estimate of drug-likeness (QED) is 0.760. The highest BCUT2D eigenvalue weighted by Gasteiger charge is 2.31. The van der Waals surface area contributed by atoms with Crippen LogP contribution in [-0.2, 0) is 27.2 Å². The summed E-state index contributed by atoms with van der Waals surface area (Å²) in [6, 6.07) is 8.67. The number of benzene rings is 2. The first-order valence-corrected chi connectivity index (χ1v) is 9.56. The fourth-order valence-electron chi connectivity index (χ4n) is 4.03. The standard InChI is InChI=1S/C21H19N3O5/c25-18-4-1-12-9-15(10-13-5-6-24(18)19(12)13)23-21(27)20(26)22-14-2-3-16-17(11-14)29-8-7-28-16/h2-3,9-11H,1,4-8H2,(H,22,26)(H,23,27). The van der Waals surface area contributed by atoms with Gasteiger partial charge in [-0.2, -0.15) is 0 Å². The molecule has 3 heterocycles. The number of carbonyl (C=O) groups is 3. The Hall–Kier alpha value is -3.55. The molecule has 2 aromatic carbocycles. The highest BCUT2D eigenvalue weighted by Crippen LogP contribution is 2.38. The second kappa shape index (κ2) is 6.80. The van der Waals surface area contributed by atoms with E-state index in [9.17, 15) is 14.4 Å². The van der Waals surface area contributed by atoms with Crippen LogP contribution in [0.3, 0.4) is 0 Å². The summed E-state index contributed by atoms with van der Waals surface area (Å²) in [7, 11) is 0. The summed E-state index contributed by atoms with van der Waals surface area (Å²) in [4.78, 5) is 38.6. The van der Waals surface area contributed by atoms with Crippen molar-refractivity contribution in [1.29, 1.82) is 0 Å². The van der Waals surface area contributed by atoms with Gasteiger partial charge in [-0.1, -0.05) is 0 Å². The minimum Gasteiger partial charge on any atom is -0.486 e. The third-order valence-electron chi connectivity index (χ3n) is 5.32. The molecule has 8 nitrogen and oxygen atoms in total. The van der Waals surface area contributed by atoms with Crippen molar-refractivity contribution in [2.45, 2.75) is 19.3 Å². The van der Waals surface area contributed by atoms with E-state index < -0.39 is 11.8 Å². The molecule has 0 aliphatic carbocycles. The van der Waals surface area contributed by atoms with Crippen molar-refractivity contribution < 1.29 is 23.9 Å². The van der Waals surface area contributed by atoms with Crippen molar-refractivity contribution in [1.82, 2.24) is 0 Å². The van der Waals surface area contributed by atoms with Crippen LogP contribution >= 0.6 is 0 Å². The molecular weight excluding hydrogens is 374 g/mol. The van der Waals surface area contributed by atoms with Crippen molar-refractivity contribution in [3.63, 3.8) is 0 Å². The van der Waals surface area contributed by atoms with Gasteiger partial charge in [-0.15, -0.1) is 0 Å². The average Bonchev–Trinajstić information content (AvgIpc) is 3.16. The Labute approximate surface area is 166 Å². The number of nitrogens with zero attached hydrogens (tertiary/aromatic N) is 1. The number of fused-ring (bicyclic) bond motifs is 1. The lowest BCUT2D eigenvalue weighted by Gasteiger charge is -2.25. The van der Waals surface area contributed by atoms with E-state index >= 15 is 0 Å². The van der Waals surface area contributed by atoms with Crippen LogP contribution in [0.2, 0.25) is 0 Å². The predicted molar refractivity (Wildman–Crippen MR) is 106 cm³/mol. The molecule has 2 N–H and O–H groups in total. The molecule has 5 rings (SSSR count). The molecule has 2 aromatic rings. The zero-order chi connectivity index (χ0) is 20.0. The highest BCUT2D eigenvalue weighted by atomic mass is 16.6. The van der Waals surface area contributed by atoms with Crippen molar-refractivity contribution >= 4 is 34.8 Å². The lowest BCUT2D eigenvalue weighted by atomic mass is 9.98. The maximum absolute atomic E-state index is 12.4. The van der Waals surface area contributed by atoms with Crippen LogP contribution in [0.4, 0.5) is 17.1 Å². The van der Waals surface area contributed by atoms with Gasteiger partial charge >= 0.3 is 11.8 Å². The second-order valence-electron chi connectivity index (χ2n) is 7.21. The van der Waals surface area contributed by atoms with Crippen LogP contribution in [0.1, 0.15) is 17.5 Å². The molecule has 0 unspecified atom stereocenters. The molecule has 0 saturated carbocycles. The summed E-state index contributed by atoms with van der Waals surface area (Å²) in [6.07, 6.45) is 1.86. The Morgan fingerprint density at radius 3 is 2.31 bits per heavy atom. The minimum absolute atomic E-state index is 0.145. The van der Waals surface area contributed by atoms with Gasteiger partial charge in [-0.25, -0.2) is 0 Å². The molecule has 3 aliphatic rings. The van der Waals surface area contributed by atoms with Gasteiger partial charge in [0, 0.05) is 30.4 Å². The van der Waals surface area contributed by atoms with Crippen molar-refractivity contribution in [3.8, 4) is 11.5 Å². The normalized spacial score (nSPS) is 16.3. The Morgan fingerprint density at radius 1 is 0.828 bits per heavy atom.